The van der Waals surface area contributed by atoms with E-state index < -0.39 is 0 Å². The predicted octanol–water partition coefficient (Wildman–Crippen LogP) is 3.34. The fourth-order valence-electron chi connectivity index (χ4n) is 2.25. The van der Waals surface area contributed by atoms with Gasteiger partial charge in [-0.2, -0.15) is 9.78 Å². The van der Waals surface area contributed by atoms with Crippen molar-refractivity contribution in [1.82, 2.24) is 9.66 Å². The van der Waals surface area contributed by atoms with Crippen LogP contribution in [0, 0.1) is 4.77 Å². The number of nitrogens with zero attached hydrogens (tertiary/aromatic N) is 2. The molecule has 3 aromatic rings. The Kier molecular flexibility index (Phi) is 4.34. The first-order valence-corrected chi connectivity index (χ1v) is 7.62. The average Bonchev–Trinajstić information content (AvgIpc) is 2.56. The quantitative estimate of drug-likeness (QED) is 0.591. The maximum atomic E-state index is 12.5. The van der Waals surface area contributed by atoms with Crippen LogP contribution in [0.25, 0.3) is 10.9 Å². The first-order chi connectivity index (χ1) is 11.2. The van der Waals surface area contributed by atoms with Crippen LogP contribution in [0.5, 0.6) is 5.75 Å². The number of benzene rings is 2. The molecule has 2 aromatic carbocycles. The molecule has 5 nitrogen and oxygen atoms in total. The van der Waals surface area contributed by atoms with Gasteiger partial charge in [-0.05, 0) is 43.4 Å². The predicted molar refractivity (Wildman–Crippen MR) is 94.0 cm³/mol. The number of ether oxygens (including phenoxy) is 1. The zero-order valence-corrected chi connectivity index (χ0v) is 13.3. The van der Waals surface area contributed by atoms with Crippen molar-refractivity contribution in [3.63, 3.8) is 0 Å². The Balaban J connectivity index is 2.09. The van der Waals surface area contributed by atoms with Crippen LogP contribution in [-0.2, 0) is 0 Å². The molecular formula is C17H15N3O2S. The molecule has 6 heteroatoms. The molecule has 0 aliphatic carbocycles. The highest BCUT2D eigenvalue weighted by Crippen LogP contribution is 2.15. The van der Waals surface area contributed by atoms with Gasteiger partial charge in [0, 0.05) is 5.56 Å². The summed E-state index contributed by atoms with van der Waals surface area (Å²) in [6.45, 7) is 2.47. The summed E-state index contributed by atoms with van der Waals surface area (Å²) in [7, 11) is 0. The highest BCUT2D eigenvalue weighted by atomic mass is 32.1. The zero-order valence-electron chi connectivity index (χ0n) is 12.5. The lowest BCUT2D eigenvalue weighted by atomic mass is 10.2. The van der Waals surface area contributed by atoms with Crippen molar-refractivity contribution in [2.45, 2.75) is 6.92 Å². The molecule has 0 unspecified atom stereocenters. The van der Waals surface area contributed by atoms with E-state index in [0.29, 0.717) is 23.3 Å². The van der Waals surface area contributed by atoms with Gasteiger partial charge >= 0.3 is 0 Å². The third kappa shape index (κ3) is 3.07. The van der Waals surface area contributed by atoms with Gasteiger partial charge in [-0.25, -0.2) is 0 Å². The maximum absolute atomic E-state index is 12.5. The van der Waals surface area contributed by atoms with Gasteiger partial charge < -0.3 is 9.72 Å². The van der Waals surface area contributed by atoms with Crippen LogP contribution in [0.4, 0.5) is 0 Å². The molecule has 1 N–H and O–H groups in total. The molecule has 23 heavy (non-hydrogen) atoms. The Hall–Kier alpha value is -2.73. The Morgan fingerprint density at radius 1 is 1.22 bits per heavy atom. The fourth-order valence-corrected chi connectivity index (χ4v) is 2.49. The van der Waals surface area contributed by atoms with Gasteiger partial charge in [0.05, 0.1) is 23.7 Å². The van der Waals surface area contributed by atoms with Crippen molar-refractivity contribution in [3.05, 3.63) is 69.2 Å². The molecule has 1 aromatic heterocycles. The second kappa shape index (κ2) is 6.58. The summed E-state index contributed by atoms with van der Waals surface area (Å²) in [6, 6.07) is 14.7. The topological polar surface area (TPSA) is 59.4 Å². The highest BCUT2D eigenvalue weighted by molar-refractivity contribution is 7.71. The van der Waals surface area contributed by atoms with E-state index in [-0.39, 0.29) is 10.3 Å². The van der Waals surface area contributed by atoms with Gasteiger partial charge in [0.1, 0.15) is 5.75 Å². The highest BCUT2D eigenvalue weighted by Gasteiger charge is 2.04. The molecule has 0 amide bonds. The number of aromatic amines is 1. The first kappa shape index (κ1) is 15.2. The van der Waals surface area contributed by atoms with Crippen molar-refractivity contribution >= 4 is 29.3 Å². The largest absolute Gasteiger partial charge is 0.493 e. The summed E-state index contributed by atoms with van der Waals surface area (Å²) >= 11 is 5.23. The maximum Gasteiger partial charge on any atom is 0.282 e. The summed E-state index contributed by atoms with van der Waals surface area (Å²) < 4.78 is 6.97. The summed E-state index contributed by atoms with van der Waals surface area (Å²) in [5.74, 6) is 0.711. The van der Waals surface area contributed by atoms with Crippen LogP contribution in [0.2, 0.25) is 0 Å². The van der Waals surface area contributed by atoms with Crippen molar-refractivity contribution < 1.29 is 4.74 Å². The smallest absolute Gasteiger partial charge is 0.282 e. The van der Waals surface area contributed by atoms with E-state index >= 15 is 0 Å². The number of aromatic nitrogens is 2. The van der Waals surface area contributed by atoms with Crippen molar-refractivity contribution in [1.29, 1.82) is 0 Å². The molecule has 0 fully saturated rings. The van der Waals surface area contributed by atoms with E-state index in [2.05, 4.69) is 10.1 Å². The summed E-state index contributed by atoms with van der Waals surface area (Å²) in [5, 5.41) is 4.77. The van der Waals surface area contributed by atoms with Gasteiger partial charge in [0.2, 0.25) is 4.77 Å². The molecule has 3 rings (SSSR count). The third-order valence-electron chi connectivity index (χ3n) is 3.31. The summed E-state index contributed by atoms with van der Waals surface area (Å²) in [6.07, 6.45) is 1.57. The van der Waals surface area contributed by atoms with Gasteiger partial charge in [0.25, 0.3) is 5.56 Å². The number of hydrogen-bond donors (Lipinski definition) is 1. The minimum Gasteiger partial charge on any atom is -0.493 e. The number of nitrogens with one attached hydrogen (secondary N) is 1. The van der Waals surface area contributed by atoms with Crippen LogP contribution in [0.1, 0.15) is 12.5 Å². The second-order valence-corrected chi connectivity index (χ2v) is 5.19. The Morgan fingerprint density at radius 2 is 1.96 bits per heavy atom. The molecular weight excluding hydrogens is 310 g/mol. The molecule has 0 saturated carbocycles. The molecule has 116 valence electrons. The molecule has 1 heterocycles. The lowest BCUT2D eigenvalue weighted by Gasteiger charge is -2.06. The Morgan fingerprint density at radius 3 is 2.78 bits per heavy atom. The molecule has 0 radical (unpaired) electrons. The van der Waals surface area contributed by atoms with Crippen LogP contribution in [0.3, 0.4) is 0 Å². The number of rotatable bonds is 4. The normalized spacial score (nSPS) is 11.2. The van der Waals surface area contributed by atoms with E-state index in [4.69, 9.17) is 17.0 Å². The third-order valence-corrected chi connectivity index (χ3v) is 3.59. The molecule has 0 bridgehead atoms. The van der Waals surface area contributed by atoms with Crippen LogP contribution >= 0.6 is 12.2 Å². The lowest BCUT2D eigenvalue weighted by Crippen LogP contribution is -2.18. The van der Waals surface area contributed by atoms with Crippen molar-refractivity contribution in [3.8, 4) is 5.75 Å². The molecule has 0 saturated heterocycles. The van der Waals surface area contributed by atoms with E-state index in [1.54, 1.807) is 18.3 Å². The van der Waals surface area contributed by atoms with Gasteiger partial charge in [-0.15, -0.1) is 0 Å². The van der Waals surface area contributed by atoms with Gasteiger partial charge in [-0.3, -0.25) is 4.79 Å². The average molecular weight is 325 g/mol. The minimum absolute atomic E-state index is 0.249. The first-order valence-electron chi connectivity index (χ1n) is 7.21. The van der Waals surface area contributed by atoms with E-state index in [0.717, 1.165) is 5.56 Å². The summed E-state index contributed by atoms with van der Waals surface area (Å²) in [4.78, 5) is 15.5. The van der Waals surface area contributed by atoms with E-state index in [9.17, 15) is 4.79 Å². The summed E-state index contributed by atoms with van der Waals surface area (Å²) in [5.41, 5.74) is 1.22. The standard InChI is InChI=1S/C17H15N3O2S/c1-2-22-15-10-6-3-7-12(15)11-18-20-16(21)13-8-4-5-9-14(13)19-17(20)23/h3-11H,2H2,1H3,(H,19,23)/b18-11-. The van der Waals surface area contributed by atoms with Gasteiger partial charge in [-0.1, -0.05) is 24.3 Å². The van der Waals surface area contributed by atoms with Gasteiger partial charge in [0.15, 0.2) is 0 Å². The zero-order chi connectivity index (χ0) is 16.2. The molecule has 0 atom stereocenters. The lowest BCUT2D eigenvalue weighted by molar-refractivity contribution is 0.340. The molecule has 0 aliphatic heterocycles. The molecule has 0 spiro atoms. The monoisotopic (exact) mass is 325 g/mol. The molecule has 0 aliphatic rings. The number of hydrogen-bond acceptors (Lipinski definition) is 4. The number of fused-ring (bicyclic) bond motifs is 1. The van der Waals surface area contributed by atoms with E-state index in [1.807, 2.05) is 43.3 Å². The SMILES string of the molecule is CCOc1ccccc1/C=N\n1c(=S)[nH]c2ccccc2c1=O. The van der Waals surface area contributed by atoms with Crippen molar-refractivity contribution in [2.24, 2.45) is 5.10 Å². The second-order valence-electron chi connectivity index (χ2n) is 4.81. The van der Waals surface area contributed by atoms with E-state index in [1.165, 1.54) is 4.68 Å². The van der Waals surface area contributed by atoms with Crippen LogP contribution in [-0.4, -0.2) is 22.5 Å². The van der Waals surface area contributed by atoms with Crippen molar-refractivity contribution in [2.75, 3.05) is 6.61 Å². The fraction of sp³-hybridized carbons (Fsp3) is 0.118. The Labute approximate surface area is 137 Å². The minimum atomic E-state index is -0.255. The number of para-hydroxylation sites is 2. The Bertz CT molecular complexity index is 989. The number of H-pyrrole nitrogens is 1. The van der Waals surface area contributed by atoms with Crippen LogP contribution < -0.4 is 10.3 Å². The van der Waals surface area contributed by atoms with Crippen LogP contribution in [0.15, 0.2) is 58.4 Å².